The Morgan fingerprint density at radius 2 is 1.58 bits per heavy atom. The van der Waals surface area contributed by atoms with Crippen LogP contribution in [-0.4, -0.2) is 25.0 Å². The summed E-state index contributed by atoms with van der Waals surface area (Å²) in [6.45, 7) is 3.80. The third-order valence-electron chi connectivity index (χ3n) is 5.60. The molecule has 3 aromatic rings. The highest BCUT2D eigenvalue weighted by Gasteiger charge is 2.18. The maximum absolute atomic E-state index is 12.8. The van der Waals surface area contributed by atoms with Crippen LogP contribution in [0.15, 0.2) is 66.7 Å². The summed E-state index contributed by atoms with van der Waals surface area (Å²) in [5, 5.41) is 9.14. The second-order valence-corrected chi connectivity index (χ2v) is 8.57. The Hall–Kier alpha value is -3.51. The molecule has 1 aliphatic heterocycles. The van der Waals surface area contributed by atoms with Crippen molar-refractivity contribution in [1.29, 1.82) is 0 Å². The van der Waals surface area contributed by atoms with E-state index in [0.29, 0.717) is 27.6 Å². The van der Waals surface area contributed by atoms with Gasteiger partial charge in [0.2, 0.25) is 0 Å². The zero-order valence-corrected chi connectivity index (χ0v) is 19.3. The van der Waals surface area contributed by atoms with Gasteiger partial charge in [0, 0.05) is 24.3 Å². The standard InChI is InChI=1S/C26H27ClN4O2/c1-18-8-7-9-19(16-18)25(32)28-20-12-13-24(31-14-5-2-6-15-31)23(17-20)30-26(33)29-22-11-4-3-10-21(22)27/h3-4,7-13,16-17H,2,5-6,14-15H2,1H3,(H,28,32)(H2,29,30,33). The van der Waals surface area contributed by atoms with Crippen molar-refractivity contribution in [3.63, 3.8) is 0 Å². The Morgan fingerprint density at radius 3 is 2.33 bits per heavy atom. The Bertz CT molecular complexity index is 1160. The molecule has 1 heterocycles. The van der Waals surface area contributed by atoms with Crippen molar-refractivity contribution in [3.8, 4) is 0 Å². The monoisotopic (exact) mass is 462 g/mol. The minimum Gasteiger partial charge on any atom is -0.370 e. The number of carbonyl (C=O) groups is 2. The molecule has 3 amide bonds. The number of aryl methyl sites for hydroxylation is 1. The molecular weight excluding hydrogens is 436 g/mol. The molecule has 0 aromatic heterocycles. The average molecular weight is 463 g/mol. The molecule has 0 bridgehead atoms. The van der Waals surface area contributed by atoms with Gasteiger partial charge >= 0.3 is 6.03 Å². The van der Waals surface area contributed by atoms with E-state index in [1.54, 1.807) is 30.3 Å². The number of amides is 3. The summed E-state index contributed by atoms with van der Waals surface area (Å²) in [5.41, 5.74) is 4.29. The molecule has 0 unspecified atom stereocenters. The van der Waals surface area contributed by atoms with E-state index in [1.807, 2.05) is 43.3 Å². The largest absolute Gasteiger partial charge is 0.370 e. The summed E-state index contributed by atoms with van der Waals surface area (Å²) in [6, 6.07) is 19.7. The lowest BCUT2D eigenvalue weighted by Crippen LogP contribution is -2.31. The van der Waals surface area contributed by atoms with E-state index in [4.69, 9.17) is 11.6 Å². The third kappa shape index (κ3) is 5.84. The van der Waals surface area contributed by atoms with E-state index >= 15 is 0 Å². The Labute approximate surface area is 198 Å². The van der Waals surface area contributed by atoms with Gasteiger partial charge < -0.3 is 20.9 Å². The van der Waals surface area contributed by atoms with Crippen molar-refractivity contribution in [2.24, 2.45) is 0 Å². The highest BCUT2D eigenvalue weighted by Crippen LogP contribution is 2.32. The van der Waals surface area contributed by atoms with Gasteiger partial charge in [0.25, 0.3) is 5.91 Å². The van der Waals surface area contributed by atoms with Gasteiger partial charge in [0.1, 0.15) is 0 Å². The number of nitrogens with zero attached hydrogens (tertiary/aromatic N) is 1. The molecule has 3 N–H and O–H groups in total. The fourth-order valence-electron chi connectivity index (χ4n) is 3.95. The van der Waals surface area contributed by atoms with E-state index < -0.39 is 6.03 Å². The molecule has 33 heavy (non-hydrogen) atoms. The zero-order chi connectivity index (χ0) is 23.2. The number of para-hydroxylation sites is 1. The van der Waals surface area contributed by atoms with Gasteiger partial charge in [-0.15, -0.1) is 0 Å². The van der Waals surface area contributed by atoms with Crippen molar-refractivity contribution in [2.75, 3.05) is 33.9 Å². The molecule has 0 atom stereocenters. The molecule has 7 heteroatoms. The molecule has 170 valence electrons. The van der Waals surface area contributed by atoms with Crippen LogP contribution in [0.5, 0.6) is 0 Å². The number of hydrogen-bond donors (Lipinski definition) is 3. The summed E-state index contributed by atoms with van der Waals surface area (Å²) in [7, 11) is 0. The molecule has 3 aromatic carbocycles. The molecule has 0 radical (unpaired) electrons. The van der Waals surface area contributed by atoms with Gasteiger partial charge in [-0.2, -0.15) is 0 Å². The van der Waals surface area contributed by atoms with Crippen LogP contribution in [0.25, 0.3) is 0 Å². The molecule has 0 spiro atoms. The summed E-state index contributed by atoms with van der Waals surface area (Å²) >= 11 is 6.18. The lowest BCUT2D eigenvalue weighted by molar-refractivity contribution is 0.102. The summed E-state index contributed by atoms with van der Waals surface area (Å²) in [6.07, 6.45) is 3.42. The number of urea groups is 1. The molecule has 6 nitrogen and oxygen atoms in total. The highest BCUT2D eigenvalue weighted by molar-refractivity contribution is 6.33. The number of hydrogen-bond acceptors (Lipinski definition) is 3. The van der Waals surface area contributed by atoms with E-state index in [1.165, 1.54) is 6.42 Å². The lowest BCUT2D eigenvalue weighted by atomic mass is 10.1. The summed E-state index contributed by atoms with van der Waals surface area (Å²) < 4.78 is 0. The number of rotatable bonds is 5. The predicted molar refractivity (Wildman–Crippen MR) is 136 cm³/mol. The summed E-state index contributed by atoms with van der Waals surface area (Å²) in [5.74, 6) is -0.198. The zero-order valence-electron chi connectivity index (χ0n) is 18.5. The number of piperidine rings is 1. The second-order valence-electron chi connectivity index (χ2n) is 8.16. The Morgan fingerprint density at radius 1 is 0.818 bits per heavy atom. The molecule has 1 fully saturated rings. The van der Waals surface area contributed by atoms with Crippen LogP contribution in [0.1, 0.15) is 35.2 Å². The molecule has 0 aliphatic carbocycles. The minimum absolute atomic E-state index is 0.198. The Kier molecular flexibility index (Phi) is 7.15. The third-order valence-corrected chi connectivity index (χ3v) is 5.93. The fourth-order valence-corrected chi connectivity index (χ4v) is 4.14. The van der Waals surface area contributed by atoms with Crippen LogP contribution in [0.2, 0.25) is 5.02 Å². The van der Waals surface area contributed by atoms with E-state index in [-0.39, 0.29) is 5.91 Å². The van der Waals surface area contributed by atoms with Gasteiger partial charge in [0.05, 0.1) is 22.1 Å². The van der Waals surface area contributed by atoms with E-state index in [0.717, 1.165) is 37.2 Å². The van der Waals surface area contributed by atoms with Crippen LogP contribution in [0.4, 0.5) is 27.5 Å². The minimum atomic E-state index is -0.400. The van der Waals surface area contributed by atoms with Gasteiger partial charge in [-0.25, -0.2) is 4.79 Å². The van der Waals surface area contributed by atoms with Crippen molar-refractivity contribution < 1.29 is 9.59 Å². The van der Waals surface area contributed by atoms with Gasteiger partial charge in [-0.1, -0.05) is 41.4 Å². The predicted octanol–water partition coefficient (Wildman–Crippen LogP) is 6.54. The van der Waals surface area contributed by atoms with Crippen LogP contribution < -0.4 is 20.9 Å². The SMILES string of the molecule is Cc1cccc(C(=O)Nc2ccc(N3CCCCC3)c(NC(=O)Nc3ccccc3Cl)c2)c1. The van der Waals surface area contributed by atoms with Crippen molar-refractivity contribution in [3.05, 3.63) is 82.9 Å². The number of carbonyl (C=O) groups excluding carboxylic acids is 2. The topological polar surface area (TPSA) is 73.5 Å². The van der Waals surface area contributed by atoms with Gasteiger partial charge in [-0.3, -0.25) is 4.79 Å². The maximum Gasteiger partial charge on any atom is 0.323 e. The average Bonchev–Trinajstić information content (AvgIpc) is 2.81. The quantitative estimate of drug-likeness (QED) is 0.403. The first-order valence-electron chi connectivity index (χ1n) is 11.1. The van der Waals surface area contributed by atoms with Crippen LogP contribution in [0, 0.1) is 6.92 Å². The second kappa shape index (κ2) is 10.4. The summed E-state index contributed by atoms with van der Waals surface area (Å²) in [4.78, 5) is 27.8. The highest BCUT2D eigenvalue weighted by atomic mass is 35.5. The van der Waals surface area contributed by atoms with Gasteiger partial charge in [0.15, 0.2) is 0 Å². The number of halogens is 1. The van der Waals surface area contributed by atoms with Crippen molar-refractivity contribution in [2.45, 2.75) is 26.2 Å². The number of anilines is 4. The molecule has 4 rings (SSSR count). The van der Waals surface area contributed by atoms with Gasteiger partial charge in [-0.05, 0) is 68.7 Å². The molecule has 1 saturated heterocycles. The first-order valence-corrected chi connectivity index (χ1v) is 11.5. The normalized spacial score (nSPS) is 13.3. The molecule has 1 aliphatic rings. The van der Waals surface area contributed by atoms with Crippen molar-refractivity contribution >= 4 is 46.3 Å². The molecular formula is C26H27ClN4O2. The first-order chi connectivity index (χ1) is 16.0. The smallest absolute Gasteiger partial charge is 0.323 e. The number of nitrogens with one attached hydrogen (secondary N) is 3. The Balaban J connectivity index is 1.57. The lowest BCUT2D eigenvalue weighted by Gasteiger charge is -2.31. The molecule has 0 saturated carbocycles. The van der Waals surface area contributed by atoms with Crippen LogP contribution in [-0.2, 0) is 0 Å². The van der Waals surface area contributed by atoms with Crippen LogP contribution >= 0.6 is 11.6 Å². The van der Waals surface area contributed by atoms with E-state index in [2.05, 4.69) is 20.9 Å². The van der Waals surface area contributed by atoms with Crippen LogP contribution in [0.3, 0.4) is 0 Å². The number of benzene rings is 3. The maximum atomic E-state index is 12.8. The fraction of sp³-hybridized carbons (Fsp3) is 0.231. The first kappa shape index (κ1) is 22.7. The van der Waals surface area contributed by atoms with Crippen molar-refractivity contribution in [1.82, 2.24) is 0 Å². The van der Waals surface area contributed by atoms with E-state index in [9.17, 15) is 9.59 Å².